The van der Waals surface area contributed by atoms with Crippen LogP contribution in [0.4, 0.5) is 0 Å². The molecule has 0 bridgehead atoms. The molecule has 0 aliphatic carbocycles. The number of aliphatic hydroxyl groups excluding tert-OH is 1. The highest BCUT2D eigenvalue weighted by molar-refractivity contribution is 6.30. The first-order chi connectivity index (χ1) is 7.68. The number of hydrogen-bond donors (Lipinski definition) is 2. The van der Waals surface area contributed by atoms with Crippen LogP contribution in [0, 0.1) is 5.41 Å². The highest BCUT2D eigenvalue weighted by Crippen LogP contribution is 2.40. The average Bonchev–Trinajstić information content (AvgIpc) is 2.79. The highest BCUT2D eigenvalue weighted by atomic mass is 35.5. The van der Waals surface area contributed by atoms with Gasteiger partial charge in [0.25, 0.3) is 0 Å². The summed E-state index contributed by atoms with van der Waals surface area (Å²) in [6.45, 7) is 1.62. The van der Waals surface area contributed by atoms with Gasteiger partial charge < -0.3 is 15.6 Å². The molecule has 0 radical (unpaired) electrons. The second kappa shape index (κ2) is 4.72. The Balaban J connectivity index is 2.23. The van der Waals surface area contributed by atoms with E-state index in [2.05, 4.69) is 0 Å². The molecule has 1 fully saturated rings. The molecule has 88 valence electrons. The van der Waals surface area contributed by atoms with E-state index >= 15 is 0 Å². The van der Waals surface area contributed by atoms with Crippen molar-refractivity contribution >= 4 is 11.6 Å². The van der Waals surface area contributed by atoms with Gasteiger partial charge in [-0.1, -0.05) is 23.7 Å². The predicted octanol–water partition coefficient (Wildman–Crippen LogP) is 1.74. The zero-order valence-electron chi connectivity index (χ0n) is 9.03. The standard InChI is InChI=1S/C12H16ClNO2/c13-10-3-1-9(2-4-10)11(15)12(7-14)5-6-16-8-12/h1-4,11,15H,5-8,14H2. The number of benzene rings is 1. The third-order valence-electron chi connectivity index (χ3n) is 3.31. The molecule has 0 saturated carbocycles. The monoisotopic (exact) mass is 241 g/mol. The molecule has 1 saturated heterocycles. The zero-order chi connectivity index (χ0) is 11.6. The van der Waals surface area contributed by atoms with Gasteiger partial charge in [-0.3, -0.25) is 0 Å². The second-order valence-electron chi connectivity index (χ2n) is 4.32. The van der Waals surface area contributed by atoms with Gasteiger partial charge in [0.2, 0.25) is 0 Å². The highest BCUT2D eigenvalue weighted by Gasteiger charge is 2.41. The van der Waals surface area contributed by atoms with Gasteiger partial charge in [-0.25, -0.2) is 0 Å². The van der Waals surface area contributed by atoms with Crippen LogP contribution in [0.1, 0.15) is 18.1 Å². The molecule has 1 aliphatic rings. The molecular formula is C12H16ClNO2. The number of hydrogen-bond acceptors (Lipinski definition) is 3. The summed E-state index contributed by atoms with van der Waals surface area (Å²) in [5.41, 5.74) is 6.28. The average molecular weight is 242 g/mol. The van der Waals surface area contributed by atoms with E-state index in [0.717, 1.165) is 12.0 Å². The first kappa shape index (κ1) is 11.9. The summed E-state index contributed by atoms with van der Waals surface area (Å²) >= 11 is 5.81. The Morgan fingerprint density at radius 1 is 1.44 bits per heavy atom. The summed E-state index contributed by atoms with van der Waals surface area (Å²) in [6, 6.07) is 7.23. The number of ether oxygens (including phenoxy) is 1. The van der Waals surface area contributed by atoms with Gasteiger partial charge in [0, 0.05) is 23.6 Å². The Labute approximate surface area is 100 Å². The van der Waals surface area contributed by atoms with Crippen molar-refractivity contribution in [2.75, 3.05) is 19.8 Å². The Bertz CT molecular complexity index is 347. The van der Waals surface area contributed by atoms with Crippen molar-refractivity contribution in [3.8, 4) is 0 Å². The minimum absolute atomic E-state index is 0.339. The van der Waals surface area contributed by atoms with Crippen LogP contribution in [-0.2, 0) is 4.74 Å². The SMILES string of the molecule is NCC1(C(O)c2ccc(Cl)cc2)CCOC1. The van der Waals surface area contributed by atoms with Crippen molar-refractivity contribution in [2.45, 2.75) is 12.5 Å². The Kier molecular flexibility index (Phi) is 3.50. The van der Waals surface area contributed by atoms with E-state index in [1.54, 1.807) is 12.1 Å². The molecule has 1 aliphatic heterocycles. The lowest BCUT2D eigenvalue weighted by Gasteiger charge is -2.31. The Hall–Kier alpha value is -0.610. The molecule has 1 aromatic rings. The fourth-order valence-electron chi connectivity index (χ4n) is 2.11. The third-order valence-corrected chi connectivity index (χ3v) is 3.56. The van der Waals surface area contributed by atoms with E-state index in [9.17, 15) is 5.11 Å². The van der Waals surface area contributed by atoms with Gasteiger partial charge in [-0.2, -0.15) is 0 Å². The molecular weight excluding hydrogens is 226 g/mol. The number of rotatable bonds is 3. The van der Waals surface area contributed by atoms with Gasteiger partial charge in [0.1, 0.15) is 0 Å². The smallest absolute Gasteiger partial charge is 0.0881 e. The largest absolute Gasteiger partial charge is 0.388 e. The van der Waals surface area contributed by atoms with Crippen LogP contribution < -0.4 is 5.73 Å². The summed E-state index contributed by atoms with van der Waals surface area (Å²) in [7, 11) is 0. The van der Waals surface area contributed by atoms with E-state index < -0.39 is 6.10 Å². The van der Waals surface area contributed by atoms with Crippen molar-refractivity contribution in [1.82, 2.24) is 0 Å². The van der Waals surface area contributed by atoms with Crippen molar-refractivity contribution in [1.29, 1.82) is 0 Å². The molecule has 2 unspecified atom stereocenters. The molecule has 1 aromatic carbocycles. The van der Waals surface area contributed by atoms with Gasteiger partial charge >= 0.3 is 0 Å². The summed E-state index contributed by atoms with van der Waals surface area (Å²) in [5, 5.41) is 11.0. The Morgan fingerprint density at radius 2 is 2.12 bits per heavy atom. The molecule has 2 rings (SSSR count). The van der Waals surface area contributed by atoms with Gasteiger partial charge in [-0.15, -0.1) is 0 Å². The fraction of sp³-hybridized carbons (Fsp3) is 0.500. The van der Waals surface area contributed by atoms with E-state index in [0.29, 0.717) is 24.8 Å². The topological polar surface area (TPSA) is 55.5 Å². The summed E-state index contributed by atoms with van der Waals surface area (Å²) < 4.78 is 5.35. The molecule has 0 amide bonds. The molecule has 2 atom stereocenters. The second-order valence-corrected chi connectivity index (χ2v) is 4.76. The lowest BCUT2D eigenvalue weighted by Crippen LogP contribution is -2.37. The minimum atomic E-state index is -0.586. The molecule has 0 spiro atoms. The minimum Gasteiger partial charge on any atom is -0.388 e. The van der Waals surface area contributed by atoms with E-state index in [-0.39, 0.29) is 5.41 Å². The fourth-order valence-corrected chi connectivity index (χ4v) is 2.24. The first-order valence-corrected chi connectivity index (χ1v) is 5.77. The molecule has 1 heterocycles. The number of halogens is 1. The van der Waals surface area contributed by atoms with E-state index in [4.69, 9.17) is 22.1 Å². The summed E-state index contributed by atoms with van der Waals surface area (Å²) in [5.74, 6) is 0. The number of aliphatic hydroxyl groups is 1. The normalized spacial score (nSPS) is 26.9. The van der Waals surface area contributed by atoms with Crippen LogP contribution in [-0.4, -0.2) is 24.9 Å². The van der Waals surface area contributed by atoms with Gasteiger partial charge in [-0.05, 0) is 24.1 Å². The van der Waals surface area contributed by atoms with Crippen molar-refractivity contribution in [3.63, 3.8) is 0 Å². The van der Waals surface area contributed by atoms with Crippen LogP contribution >= 0.6 is 11.6 Å². The maximum Gasteiger partial charge on any atom is 0.0881 e. The maximum atomic E-state index is 10.4. The zero-order valence-corrected chi connectivity index (χ0v) is 9.78. The summed E-state index contributed by atoms with van der Waals surface area (Å²) in [4.78, 5) is 0. The molecule has 16 heavy (non-hydrogen) atoms. The van der Waals surface area contributed by atoms with Crippen LogP contribution in [0.5, 0.6) is 0 Å². The van der Waals surface area contributed by atoms with Crippen LogP contribution in [0.3, 0.4) is 0 Å². The van der Waals surface area contributed by atoms with Crippen LogP contribution in [0.15, 0.2) is 24.3 Å². The predicted molar refractivity (Wildman–Crippen MR) is 63.3 cm³/mol. The third kappa shape index (κ3) is 2.09. The van der Waals surface area contributed by atoms with E-state index in [1.807, 2.05) is 12.1 Å². The van der Waals surface area contributed by atoms with Crippen LogP contribution in [0.25, 0.3) is 0 Å². The van der Waals surface area contributed by atoms with E-state index in [1.165, 1.54) is 0 Å². The van der Waals surface area contributed by atoms with Crippen molar-refractivity contribution in [2.24, 2.45) is 11.1 Å². The molecule has 3 nitrogen and oxygen atoms in total. The van der Waals surface area contributed by atoms with Crippen molar-refractivity contribution < 1.29 is 9.84 Å². The lowest BCUT2D eigenvalue weighted by atomic mass is 9.78. The quantitative estimate of drug-likeness (QED) is 0.848. The Morgan fingerprint density at radius 3 is 2.62 bits per heavy atom. The molecule has 4 heteroatoms. The van der Waals surface area contributed by atoms with Gasteiger partial charge in [0.15, 0.2) is 0 Å². The van der Waals surface area contributed by atoms with Crippen molar-refractivity contribution in [3.05, 3.63) is 34.9 Å². The molecule has 3 N–H and O–H groups in total. The molecule has 0 aromatic heterocycles. The maximum absolute atomic E-state index is 10.4. The summed E-state index contributed by atoms with van der Waals surface area (Å²) in [6.07, 6.45) is 0.213. The first-order valence-electron chi connectivity index (χ1n) is 5.39. The van der Waals surface area contributed by atoms with Gasteiger partial charge in [0.05, 0.1) is 12.7 Å². The lowest BCUT2D eigenvalue weighted by molar-refractivity contribution is 0.0191. The van der Waals surface area contributed by atoms with Crippen LogP contribution in [0.2, 0.25) is 5.02 Å². The number of nitrogens with two attached hydrogens (primary N) is 1.